The monoisotopic (exact) mass is 181 g/mol. The van der Waals surface area contributed by atoms with E-state index in [1.54, 1.807) is 11.8 Å². The summed E-state index contributed by atoms with van der Waals surface area (Å²) in [5.74, 6) is 0. The van der Waals surface area contributed by atoms with Crippen LogP contribution in [0.3, 0.4) is 0 Å². The average Bonchev–Trinajstić information content (AvgIpc) is 2.05. The standard InChI is InChI=1S/C10H15NS/c1-8(11)7-9-3-5-10(12-2)6-4-9/h3-6,8H,7,11H2,1-2H3/t8-/m1/s1. The second kappa shape index (κ2) is 4.53. The fourth-order valence-corrected chi connectivity index (χ4v) is 1.54. The fourth-order valence-electron chi connectivity index (χ4n) is 1.13. The largest absolute Gasteiger partial charge is 0.328 e. The van der Waals surface area contributed by atoms with E-state index in [4.69, 9.17) is 5.73 Å². The van der Waals surface area contributed by atoms with Crippen molar-refractivity contribution >= 4 is 11.8 Å². The highest BCUT2D eigenvalue weighted by molar-refractivity contribution is 7.98. The second-order valence-electron chi connectivity index (χ2n) is 3.03. The lowest BCUT2D eigenvalue weighted by Gasteiger charge is -2.05. The van der Waals surface area contributed by atoms with Gasteiger partial charge in [-0.05, 0) is 37.3 Å². The summed E-state index contributed by atoms with van der Waals surface area (Å²) < 4.78 is 0. The third kappa shape index (κ3) is 2.88. The van der Waals surface area contributed by atoms with Crippen LogP contribution < -0.4 is 5.73 Å². The van der Waals surface area contributed by atoms with Crippen LogP contribution in [-0.2, 0) is 6.42 Å². The Labute approximate surface area is 78.4 Å². The highest BCUT2D eigenvalue weighted by atomic mass is 32.2. The first-order valence-electron chi connectivity index (χ1n) is 4.11. The summed E-state index contributed by atoms with van der Waals surface area (Å²) in [7, 11) is 0. The summed E-state index contributed by atoms with van der Waals surface area (Å²) in [5.41, 5.74) is 7.01. The average molecular weight is 181 g/mol. The number of benzene rings is 1. The topological polar surface area (TPSA) is 26.0 Å². The van der Waals surface area contributed by atoms with Gasteiger partial charge in [-0.2, -0.15) is 0 Å². The molecule has 1 nitrogen and oxygen atoms in total. The first kappa shape index (κ1) is 9.62. The van der Waals surface area contributed by atoms with Gasteiger partial charge in [0, 0.05) is 10.9 Å². The van der Waals surface area contributed by atoms with E-state index in [2.05, 4.69) is 30.5 Å². The summed E-state index contributed by atoms with van der Waals surface area (Å²) >= 11 is 1.77. The van der Waals surface area contributed by atoms with E-state index >= 15 is 0 Å². The normalized spacial score (nSPS) is 12.9. The molecule has 0 unspecified atom stereocenters. The summed E-state index contributed by atoms with van der Waals surface area (Å²) in [6.07, 6.45) is 3.05. The van der Waals surface area contributed by atoms with Gasteiger partial charge in [-0.3, -0.25) is 0 Å². The predicted molar refractivity (Wildman–Crippen MR) is 55.6 cm³/mol. The van der Waals surface area contributed by atoms with Crippen molar-refractivity contribution in [2.45, 2.75) is 24.3 Å². The van der Waals surface area contributed by atoms with Crippen molar-refractivity contribution in [1.29, 1.82) is 0 Å². The Morgan fingerprint density at radius 1 is 1.33 bits per heavy atom. The van der Waals surface area contributed by atoms with Gasteiger partial charge in [-0.25, -0.2) is 0 Å². The maximum absolute atomic E-state index is 5.69. The third-order valence-corrected chi connectivity index (χ3v) is 2.46. The van der Waals surface area contributed by atoms with Crippen LogP contribution in [0, 0.1) is 0 Å². The molecule has 0 spiro atoms. The van der Waals surface area contributed by atoms with E-state index in [0.29, 0.717) is 0 Å². The van der Waals surface area contributed by atoms with Crippen LogP contribution in [0.4, 0.5) is 0 Å². The molecule has 1 atom stereocenters. The highest BCUT2D eigenvalue weighted by Gasteiger charge is 1.96. The lowest BCUT2D eigenvalue weighted by Crippen LogP contribution is -2.17. The van der Waals surface area contributed by atoms with Crippen molar-refractivity contribution in [3.63, 3.8) is 0 Å². The van der Waals surface area contributed by atoms with Crippen molar-refractivity contribution < 1.29 is 0 Å². The molecule has 1 rings (SSSR count). The van der Waals surface area contributed by atoms with E-state index in [1.165, 1.54) is 10.5 Å². The molecule has 0 aliphatic carbocycles. The van der Waals surface area contributed by atoms with E-state index in [0.717, 1.165) is 6.42 Å². The minimum atomic E-state index is 0.255. The van der Waals surface area contributed by atoms with Crippen LogP contribution in [0.25, 0.3) is 0 Å². The van der Waals surface area contributed by atoms with Gasteiger partial charge < -0.3 is 5.73 Å². The zero-order valence-electron chi connectivity index (χ0n) is 7.58. The van der Waals surface area contributed by atoms with Crippen LogP contribution >= 0.6 is 11.8 Å². The van der Waals surface area contributed by atoms with Gasteiger partial charge in [0.05, 0.1) is 0 Å². The zero-order valence-corrected chi connectivity index (χ0v) is 8.40. The molecule has 0 aromatic heterocycles. The van der Waals surface area contributed by atoms with Crippen molar-refractivity contribution in [2.24, 2.45) is 5.73 Å². The van der Waals surface area contributed by atoms with E-state index in [-0.39, 0.29) is 6.04 Å². The molecule has 0 radical (unpaired) electrons. The Kier molecular flexibility index (Phi) is 3.63. The molecule has 0 saturated carbocycles. The van der Waals surface area contributed by atoms with Crippen LogP contribution in [0.5, 0.6) is 0 Å². The maximum Gasteiger partial charge on any atom is 0.00693 e. The predicted octanol–water partition coefficient (Wildman–Crippen LogP) is 2.30. The van der Waals surface area contributed by atoms with Gasteiger partial charge in [0.15, 0.2) is 0 Å². The number of thioether (sulfide) groups is 1. The molecule has 2 N–H and O–H groups in total. The van der Waals surface area contributed by atoms with Gasteiger partial charge >= 0.3 is 0 Å². The quantitative estimate of drug-likeness (QED) is 0.724. The molecular formula is C10H15NS. The zero-order chi connectivity index (χ0) is 8.97. The molecule has 0 saturated heterocycles. The Hall–Kier alpha value is -0.470. The van der Waals surface area contributed by atoms with Crippen molar-refractivity contribution in [1.82, 2.24) is 0 Å². The van der Waals surface area contributed by atoms with Crippen LogP contribution in [0.1, 0.15) is 12.5 Å². The molecule has 2 heteroatoms. The van der Waals surface area contributed by atoms with Gasteiger partial charge in [-0.15, -0.1) is 11.8 Å². The lowest BCUT2D eigenvalue weighted by atomic mass is 10.1. The minimum absolute atomic E-state index is 0.255. The summed E-state index contributed by atoms with van der Waals surface area (Å²) in [5, 5.41) is 0. The second-order valence-corrected chi connectivity index (χ2v) is 3.91. The molecule has 12 heavy (non-hydrogen) atoms. The molecular weight excluding hydrogens is 166 g/mol. The summed E-state index contributed by atoms with van der Waals surface area (Å²) in [4.78, 5) is 1.31. The molecule has 1 aromatic carbocycles. The fraction of sp³-hybridized carbons (Fsp3) is 0.400. The first-order chi connectivity index (χ1) is 5.72. The molecule has 0 heterocycles. The lowest BCUT2D eigenvalue weighted by molar-refractivity contribution is 0.737. The summed E-state index contributed by atoms with van der Waals surface area (Å²) in [6, 6.07) is 8.83. The van der Waals surface area contributed by atoms with Gasteiger partial charge in [0.1, 0.15) is 0 Å². The van der Waals surface area contributed by atoms with Crippen LogP contribution in [0.15, 0.2) is 29.2 Å². The Bertz CT molecular complexity index is 228. The molecule has 0 bridgehead atoms. The molecule has 0 fully saturated rings. The summed E-state index contributed by atoms with van der Waals surface area (Å²) in [6.45, 7) is 2.03. The molecule has 1 aromatic rings. The Balaban J connectivity index is 2.65. The van der Waals surface area contributed by atoms with Gasteiger partial charge in [-0.1, -0.05) is 12.1 Å². The third-order valence-electron chi connectivity index (χ3n) is 1.72. The maximum atomic E-state index is 5.69. The van der Waals surface area contributed by atoms with Gasteiger partial charge in [0.2, 0.25) is 0 Å². The number of rotatable bonds is 3. The first-order valence-corrected chi connectivity index (χ1v) is 5.33. The minimum Gasteiger partial charge on any atom is -0.328 e. The number of hydrogen-bond donors (Lipinski definition) is 1. The number of hydrogen-bond acceptors (Lipinski definition) is 2. The Morgan fingerprint density at radius 3 is 2.33 bits per heavy atom. The van der Waals surface area contributed by atoms with Crippen molar-refractivity contribution in [2.75, 3.05) is 6.26 Å². The number of nitrogens with two attached hydrogens (primary N) is 1. The molecule has 66 valence electrons. The SMILES string of the molecule is CSc1ccc(C[C@@H](C)N)cc1. The van der Waals surface area contributed by atoms with Gasteiger partial charge in [0.25, 0.3) is 0 Å². The molecule has 0 aliphatic heterocycles. The Morgan fingerprint density at radius 2 is 1.92 bits per heavy atom. The van der Waals surface area contributed by atoms with E-state index in [1.807, 2.05) is 6.92 Å². The van der Waals surface area contributed by atoms with Crippen molar-refractivity contribution in [3.05, 3.63) is 29.8 Å². The van der Waals surface area contributed by atoms with E-state index < -0.39 is 0 Å². The van der Waals surface area contributed by atoms with Crippen LogP contribution in [-0.4, -0.2) is 12.3 Å². The van der Waals surface area contributed by atoms with Crippen LogP contribution in [0.2, 0.25) is 0 Å². The molecule has 0 amide bonds. The molecule has 0 aliphatic rings. The smallest absolute Gasteiger partial charge is 0.00693 e. The van der Waals surface area contributed by atoms with Crippen molar-refractivity contribution in [3.8, 4) is 0 Å². The highest BCUT2D eigenvalue weighted by Crippen LogP contribution is 2.15. The van der Waals surface area contributed by atoms with E-state index in [9.17, 15) is 0 Å².